The van der Waals surface area contributed by atoms with Crippen LogP contribution >= 0.6 is 34.0 Å². The molecule has 0 spiro atoms. The minimum atomic E-state index is -0.157. The van der Waals surface area contributed by atoms with Gasteiger partial charge in [0.15, 0.2) is 0 Å². The Labute approximate surface area is 167 Å². The first-order valence-corrected chi connectivity index (χ1v) is 11.2. The van der Waals surface area contributed by atoms with Gasteiger partial charge < -0.3 is 4.90 Å². The second kappa shape index (κ2) is 6.70. The Balaban J connectivity index is 1.50. The molecular weight excluding hydrogens is 398 g/mol. The monoisotopic (exact) mass is 413 g/mol. The predicted octanol–water partition coefficient (Wildman–Crippen LogP) is 3.76. The van der Waals surface area contributed by atoms with Gasteiger partial charge in [-0.2, -0.15) is 0 Å². The number of carbonyl (C=O) groups excluding carboxylic acids is 1. The molecule has 27 heavy (non-hydrogen) atoms. The number of hydrogen-bond acceptors (Lipinski definition) is 6. The summed E-state index contributed by atoms with van der Waals surface area (Å²) in [7, 11) is 0. The fourth-order valence-electron chi connectivity index (χ4n) is 3.58. The van der Waals surface area contributed by atoms with Crippen molar-refractivity contribution in [3.8, 4) is 0 Å². The van der Waals surface area contributed by atoms with Crippen molar-refractivity contribution in [2.75, 3.05) is 6.54 Å². The van der Waals surface area contributed by atoms with Gasteiger partial charge in [-0.15, -0.1) is 34.0 Å². The summed E-state index contributed by atoms with van der Waals surface area (Å²) in [5.41, 5.74) is 1.05. The molecule has 0 unspecified atom stereocenters. The summed E-state index contributed by atoms with van der Waals surface area (Å²) in [4.78, 5) is 35.2. The smallest absolute Gasteiger partial charge is 0.262 e. The predicted molar refractivity (Wildman–Crippen MR) is 110 cm³/mol. The Morgan fingerprint density at radius 2 is 2.04 bits per heavy atom. The van der Waals surface area contributed by atoms with Crippen LogP contribution in [0.15, 0.2) is 51.5 Å². The van der Waals surface area contributed by atoms with Gasteiger partial charge in [-0.25, -0.2) is 4.98 Å². The lowest BCUT2D eigenvalue weighted by Gasteiger charge is -2.35. The molecule has 0 saturated heterocycles. The first-order valence-electron chi connectivity index (χ1n) is 8.54. The Morgan fingerprint density at radius 3 is 2.89 bits per heavy atom. The van der Waals surface area contributed by atoms with Gasteiger partial charge in [-0.1, -0.05) is 6.07 Å². The van der Waals surface area contributed by atoms with Crippen LogP contribution in [-0.2, 0) is 17.8 Å². The summed E-state index contributed by atoms with van der Waals surface area (Å²) in [6, 6.07) is 7.91. The maximum absolute atomic E-state index is 13.2. The van der Waals surface area contributed by atoms with Crippen LogP contribution < -0.4 is 5.56 Å². The van der Waals surface area contributed by atoms with Crippen LogP contribution in [-0.4, -0.2) is 26.9 Å². The molecule has 136 valence electrons. The molecule has 0 radical (unpaired) electrons. The normalized spacial score (nSPS) is 16.6. The average Bonchev–Trinajstić information content (AvgIpc) is 3.43. The van der Waals surface area contributed by atoms with E-state index in [1.54, 1.807) is 28.7 Å². The van der Waals surface area contributed by atoms with E-state index in [0.29, 0.717) is 16.8 Å². The van der Waals surface area contributed by atoms with E-state index in [2.05, 4.69) is 22.5 Å². The highest BCUT2D eigenvalue weighted by Crippen LogP contribution is 2.39. The van der Waals surface area contributed by atoms with Gasteiger partial charge in [0.1, 0.15) is 11.4 Å². The number of hydrogen-bond donors (Lipinski definition) is 0. The quantitative estimate of drug-likeness (QED) is 0.514. The fraction of sp³-hybridized carbons (Fsp3) is 0.211. The van der Waals surface area contributed by atoms with Crippen LogP contribution in [0.25, 0.3) is 10.2 Å². The van der Waals surface area contributed by atoms with Gasteiger partial charge in [-0.3, -0.25) is 14.2 Å². The number of rotatable bonds is 3. The third-order valence-electron chi connectivity index (χ3n) is 4.85. The summed E-state index contributed by atoms with van der Waals surface area (Å²) < 4.78 is 1.42. The Bertz CT molecular complexity index is 1170. The minimum Gasteiger partial charge on any atom is -0.329 e. The maximum Gasteiger partial charge on any atom is 0.262 e. The van der Waals surface area contributed by atoms with Crippen molar-refractivity contribution in [1.29, 1.82) is 0 Å². The van der Waals surface area contributed by atoms with Crippen molar-refractivity contribution in [1.82, 2.24) is 14.5 Å². The van der Waals surface area contributed by atoms with Gasteiger partial charge in [0.05, 0.1) is 17.8 Å². The molecular formula is C19H15N3O2S3. The number of fused-ring (bicyclic) bond motifs is 2. The lowest BCUT2D eigenvalue weighted by atomic mass is 9.98. The number of carbonyl (C=O) groups is 1. The summed E-state index contributed by atoms with van der Waals surface area (Å²) in [5, 5.41) is 6.56. The molecule has 1 aliphatic rings. The number of amides is 1. The lowest BCUT2D eigenvalue weighted by Crippen LogP contribution is -2.42. The zero-order chi connectivity index (χ0) is 18.4. The molecule has 0 saturated carbocycles. The Morgan fingerprint density at radius 1 is 1.15 bits per heavy atom. The minimum absolute atomic E-state index is 0.0129. The van der Waals surface area contributed by atoms with Gasteiger partial charge >= 0.3 is 0 Å². The number of aromatic nitrogens is 2. The molecule has 1 aliphatic heterocycles. The van der Waals surface area contributed by atoms with Crippen LogP contribution in [0.2, 0.25) is 0 Å². The topological polar surface area (TPSA) is 55.2 Å². The first-order chi connectivity index (χ1) is 13.2. The standard InChI is InChI=1S/C19H15N3O2S3/c23-16(10-21-11-20-18-13(19(21)24)5-9-27-18)22-6-3-14-12(4-8-26-14)17(22)15-2-1-7-25-15/h1-2,4-5,7-9,11,17H,3,6,10H2/t17-/m0/s1. The SMILES string of the molecule is O=C(Cn1cnc2sccc2c1=O)N1CCc2sccc2[C@H]1c1cccs1. The first kappa shape index (κ1) is 16.9. The molecule has 5 nitrogen and oxygen atoms in total. The number of thiophene rings is 3. The van der Waals surface area contributed by atoms with E-state index in [4.69, 9.17) is 0 Å². The van der Waals surface area contributed by atoms with Gasteiger partial charge in [0, 0.05) is 16.3 Å². The molecule has 1 atom stereocenters. The van der Waals surface area contributed by atoms with Crippen molar-refractivity contribution in [3.05, 3.63) is 72.4 Å². The van der Waals surface area contributed by atoms with E-state index in [0.717, 1.165) is 11.3 Å². The average molecular weight is 414 g/mol. The highest BCUT2D eigenvalue weighted by molar-refractivity contribution is 7.16. The van der Waals surface area contributed by atoms with E-state index in [1.165, 1.54) is 32.7 Å². The second-order valence-corrected chi connectivity index (χ2v) is 9.25. The van der Waals surface area contributed by atoms with Crippen LogP contribution in [0.4, 0.5) is 0 Å². The second-order valence-electron chi connectivity index (χ2n) is 6.37. The Kier molecular flexibility index (Phi) is 4.18. The third kappa shape index (κ3) is 2.84. The molecule has 0 bridgehead atoms. The van der Waals surface area contributed by atoms with Crippen molar-refractivity contribution in [2.24, 2.45) is 0 Å². The summed E-state index contributed by atoms with van der Waals surface area (Å²) in [5.74, 6) is -0.0521. The lowest BCUT2D eigenvalue weighted by molar-refractivity contribution is -0.133. The van der Waals surface area contributed by atoms with Crippen molar-refractivity contribution >= 4 is 50.1 Å². The Hall–Kier alpha value is -2.29. The molecule has 0 N–H and O–H groups in total. The molecule has 5 rings (SSSR count). The molecule has 4 aromatic heterocycles. The van der Waals surface area contributed by atoms with E-state index < -0.39 is 0 Å². The van der Waals surface area contributed by atoms with Crippen LogP contribution in [0.3, 0.4) is 0 Å². The molecule has 1 amide bonds. The van der Waals surface area contributed by atoms with E-state index in [1.807, 2.05) is 21.7 Å². The molecule has 0 aromatic carbocycles. The van der Waals surface area contributed by atoms with E-state index in [9.17, 15) is 9.59 Å². The zero-order valence-electron chi connectivity index (χ0n) is 14.2. The molecule has 0 aliphatic carbocycles. The third-order valence-corrected chi connectivity index (χ3v) is 7.60. The molecule has 5 heterocycles. The van der Waals surface area contributed by atoms with Crippen LogP contribution in [0.5, 0.6) is 0 Å². The van der Waals surface area contributed by atoms with Gasteiger partial charge in [0.25, 0.3) is 5.56 Å². The molecule has 4 aromatic rings. The molecule has 0 fully saturated rings. The highest BCUT2D eigenvalue weighted by atomic mass is 32.1. The van der Waals surface area contributed by atoms with Crippen LogP contribution in [0.1, 0.15) is 21.4 Å². The van der Waals surface area contributed by atoms with E-state index in [-0.39, 0.29) is 24.1 Å². The maximum atomic E-state index is 13.2. The summed E-state index contributed by atoms with van der Waals surface area (Å²) >= 11 is 4.84. The summed E-state index contributed by atoms with van der Waals surface area (Å²) in [6.45, 7) is 0.677. The largest absolute Gasteiger partial charge is 0.329 e. The number of nitrogens with zero attached hydrogens (tertiary/aromatic N) is 3. The van der Waals surface area contributed by atoms with Gasteiger partial charge in [-0.05, 0) is 46.3 Å². The highest BCUT2D eigenvalue weighted by Gasteiger charge is 2.33. The van der Waals surface area contributed by atoms with E-state index >= 15 is 0 Å². The van der Waals surface area contributed by atoms with Crippen LogP contribution in [0, 0.1) is 0 Å². The van der Waals surface area contributed by atoms with Crippen molar-refractivity contribution < 1.29 is 4.79 Å². The van der Waals surface area contributed by atoms with Crippen molar-refractivity contribution in [3.63, 3.8) is 0 Å². The molecule has 8 heteroatoms. The zero-order valence-corrected chi connectivity index (χ0v) is 16.6. The van der Waals surface area contributed by atoms with Gasteiger partial charge in [0.2, 0.25) is 5.91 Å². The van der Waals surface area contributed by atoms with Crippen molar-refractivity contribution in [2.45, 2.75) is 19.0 Å². The summed E-state index contributed by atoms with van der Waals surface area (Å²) in [6.07, 6.45) is 2.34. The fourth-order valence-corrected chi connectivity index (χ4v) is 6.06.